The third-order valence-electron chi connectivity index (χ3n) is 5.96. The van der Waals surface area contributed by atoms with Gasteiger partial charge in [-0.25, -0.2) is 0 Å². The SMILES string of the molecule is Oc1ccc(C(O)CN2CC3CC(O)CC3C2Cc2ccccc2)nc1. The number of hydrogen-bond acceptors (Lipinski definition) is 5. The molecule has 26 heavy (non-hydrogen) atoms. The molecule has 4 rings (SSSR count). The Morgan fingerprint density at radius 2 is 1.92 bits per heavy atom. The summed E-state index contributed by atoms with van der Waals surface area (Å²) in [4.78, 5) is 6.52. The van der Waals surface area contributed by atoms with Crippen molar-refractivity contribution in [3.05, 3.63) is 59.9 Å². The topological polar surface area (TPSA) is 76.8 Å². The van der Waals surface area contributed by atoms with Crippen molar-refractivity contribution in [1.82, 2.24) is 9.88 Å². The van der Waals surface area contributed by atoms with E-state index < -0.39 is 6.10 Å². The van der Waals surface area contributed by atoms with Crippen LogP contribution in [0.5, 0.6) is 5.75 Å². The molecule has 2 aromatic rings. The maximum absolute atomic E-state index is 10.6. The quantitative estimate of drug-likeness (QED) is 0.767. The van der Waals surface area contributed by atoms with Crippen LogP contribution in [-0.2, 0) is 6.42 Å². The fraction of sp³-hybridized carbons (Fsp3) is 0.476. The number of aliphatic hydroxyl groups is 2. The number of fused-ring (bicyclic) bond motifs is 1. The highest BCUT2D eigenvalue weighted by Crippen LogP contribution is 2.43. The van der Waals surface area contributed by atoms with Crippen molar-refractivity contribution in [2.75, 3.05) is 13.1 Å². The van der Waals surface area contributed by atoms with Gasteiger partial charge < -0.3 is 15.3 Å². The van der Waals surface area contributed by atoms with E-state index in [2.05, 4.69) is 34.1 Å². The van der Waals surface area contributed by atoms with Crippen LogP contribution in [0.4, 0.5) is 0 Å². The molecule has 1 saturated heterocycles. The first-order valence-electron chi connectivity index (χ1n) is 9.39. The summed E-state index contributed by atoms with van der Waals surface area (Å²) in [6.07, 6.45) is 3.15. The van der Waals surface area contributed by atoms with Gasteiger partial charge in [0.2, 0.25) is 0 Å². The summed E-state index contributed by atoms with van der Waals surface area (Å²) in [5.41, 5.74) is 1.88. The van der Waals surface area contributed by atoms with Gasteiger partial charge in [0, 0.05) is 19.1 Å². The summed E-state index contributed by atoms with van der Waals surface area (Å²) in [5.74, 6) is 1.08. The van der Waals surface area contributed by atoms with Gasteiger partial charge in [-0.05, 0) is 48.8 Å². The van der Waals surface area contributed by atoms with Gasteiger partial charge in [0.05, 0.1) is 18.0 Å². The minimum absolute atomic E-state index is 0.104. The zero-order chi connectivity index (χ0) is 18.1. The Kier molecular flexibility index (Phi) is 4.94. The number of aromatic nitrogens is 1. The van der Waals surface area contributed by atoms with Crippen molar-refractivity contribution in [3.63, 3.8) is 0 Å². The van der Waals surface area contributed by atoms with Gasteiger partial charge >= 0.3 is 0 Å². The Morgan fingerprint density at radius 1 is 1.12 bits per heavy atom. The largest absolute Gasteiger partial charge is 0.506 e. The second-order valence-electron chi connectivity index (χ2n) is 7.72. The van der Waals surface area contributed by atoms with Crippen LogP contribution < -0.4 is 0 Å². The van der Waals surface area contributed by atoms with Crippen molar-refractivity contribution in [2.45, 2.75) is 37.5 Å². The maximum Gasteiger partial charge on any atom is 0.133 e. The highest BCUT2D eigenvalue weighted by Gasteiger charge is 2.47. The van der Waals surface area contributed by atoms with Crippen LogP contribution >= 0.6 is 0 Å². The van der Waals surface area contributed by atoms with Crippen molar-refractivity contribution < 1.29 is 15.3 Å². The third-order valence-corrected chi connectivity index (χ3v) is 5.96. The van der Waals surface area contributed by atoms with Crippen molar-refractivity contribution in [3.8, 4) is 5.75 Å². The molecule has 1 aliphatic heterocycles. The molecule has 5 unspecified atom stereocenters. The number of aliphatic hydroxyl groups excluding tert-OH is 2. The molecule has 0 radical (unpaired) electrons. The first kappa shape index (κ1) is 17.5. The van der Waals surface area contributed by atoms with E-state index >= 15 is 0 Å². The highest BCUT2D eigenvalue weighted by molar-refractivity contribution is 5.20. The van der Waals surface area contributed by atoms with Crippen LogP contribution in [0, 0.1) is 11.8 Å². The molecule has 138 valence electrons. The van der Waals surface area contributed by atoms with E-state index in [9.17, 15) is 15.3 Å². The number of hydrogen-bond donors (Lipinski definition) is 3. The standard InChI is InChI=1S/C21H26N2O3/c24-16-6-7-19(22-11-16)21(26)13-23-12-15-9-17(25)10-18(15)20(23)8-14-4-2-1-3-5-14/h1-7,11,15,17-18,20-21,24-26H,8-10,12-13H2. The summed E-state index contributed by atoms with van der Waals surface area (Å²) in [7, 11) is 0. The number of likely N-dealkylation sites (tertiary alicyclic amines) is 1. The fourth-order valence-corrected chi connectivity index (χ4v) is 4.77. The van der Waals surface area contributed by atoms with Crippen LogP contribution in [-0.4, -0.2) is 50.4 Å². The molecule has 0 bridgehead atoms. The summed E-state index contributed by atoms with van der Waals surface area (Å²) in [6, 6.07) is 14.0. The number of aromatic hydroxyl groups is 1. The van der Waals surface area contributed by atoms with Crippen LogP contribution in [0.25, 0.3) is 0 Å². The molecule has 5 nitrogen and oxygen atoms in total. The predicted molar refractivity (Wildman–Crippen MR) is 98.6 cm³/mol. The van der Waals surface area contributed by atoms with Crippen molar-refractivity contribution in [2.24, 2.45) is 11.8 Å². The molecule has 1 aromatic heterocycles. The number of pyridine rings is 1. The van der Waals surface area contributed by atoms with Crippen LogP contribution in [0.3, 0.4) is 0 Å². The van der Waals surface area contributed by atoms with Crippen LogP contribution in [0.15, 0.2) is 48.7 Å². The van der Waals surface area contributed by atoms with Gasteiger partial charge in [0.25, 0.3) is 0 Å². The van der Waals surface area contributed by atoms with Gasteiger partial charge in [0.15, 0.2) is 0 Å². The Morgan fingerprint density at radius 3 is 2.65 bits per heavy atom. The summed E-state index contributed by atoms with van der Waals surface area (Å²) in [6.45, 7) is 1.44. The number of nitrogens with zero attached hydrogens (tertiary/aromatic N) is 2. The van der Waals surface area contributed by atoms with E-state index in [0.29, 0.717) is 30.1 Å². The molecule has 1 aliphatic carbocycles. The van der Waals surface area contributed by atoms with E-state index in [1.807, 2.05) is 6.07 Å². The normalized spacial score (nSPS) is 29.6. The van der Waals surface area contributed by atoms with E-state index in [4.69, 9.17) is 0 Å². The molecule has 2 fully saturated rings. The second kappa shape index (κ2) is 7.35. The van der Waals surface area contributed by atoms with Crippen LogP contribution in [0.1, 0.15) is 30.2 Å². The molecular formula is C21H26N2O3. The summed E-state index contributed by atoms with van der Waals surface area (Å²) >= 11 is 0. The van der Waals surface area contributed by atoms with E-state index in [1.165, 1.54) is 11.8 Å². The van der Waals surface area contributed by atoms with Crippen molar-refractivity contribution >= 4 is 0 Å². The number of rotatable bonds is 5. The highest BCUT2D eigenvalue weighted by atomic mass is 16.3. The second-order valence-corrected chi connectivity index (χ2v) is 7.72. The Balaban J connectivity index is 1.50. The predicted octanol–water partition coefficient (Wildman–Crippen LogP) is 2.13. The lowest BCUT2D eigenvalue weighted by molar-refractivity contribution is 0.0856. The molecule has 3 N–H and O–H groups in total. The van der Waals surface area contributed by atoms with Gasteiger partial charge in [-0.1, -0.05) is 30.3 Å². The zero-order valence-electron chi connectivity index (χ0n) is 14.8. The Bertz CT molecular complexity index is 722. The zero-order valence-corrected chi connectivity index (χ0v) is 14.8. The summed E-state index contributed by atoms with van der Waals surface area (Å²) in [5, 5.41) is 30.1. The molecule has 5 atom stereocenters. The lowest BCUT2D eigenvalue weighted by atomic mass is 9.90. The number of β-amino-alcohol motifs (C(OH)–C–C–N with tert-alkyl or cyclic N) is 1. The minimum Gasteiger partial charge on any atom is -0.506 e. The Hall–Kier alpha value is -1.95. The molecule has 0 amide bonds. The smallest absolute Gasteiger partial charge is 0.133 e. The minimum atomic E-state index is -0.683. The van der Waals surface area contributed by atoms with Crippen molar-refractivity contribution in [1.29, 1.82) is 0 Å². The summed E-state index contributed by atoms with van der Waals surface area (Å²) < 4.78 is 0. The Labute approximate surface area is 153 Å². The first-order chi connectivity index (χ1) is 12.6. The van der Waals surface area contributed by atoms with Gasteiger partial charge in [0.1, 0.15) is 11.9 Å². The van der Waals surface area contributed by atoms with Crippen LogP contribution in [0.2, 0.25) is 0 Å². The molecule has 2 heterocycles. The maximum atomic E-state index is 10.6. The first-order valence-corrected chi connectivity index (χ1v) is 9.39. The van der Waals surface area contributed by atoms with E-state index in [1.54, 1.807) is 12.1 Å². The fourth-order valence-electron chi connectivity index (χ4n) is 4.77. The molecular weight excluding hydrogens is 328 g/mol. The molecule has 1 aromatic carbocycles. The molecule has 2 aliphatic rings. The average Bonchev–Trinajstić information content (AvgIpc) is 3.13. The molecule has 0 spiro atoms. The number of benzene rings is 1. The van der Waals surface area contributed by atoms with Gasteiger partial charge in [-0.3, -0.25) is 9.88 Å². The molecule has 1 saturated carbocycles. The third kappa shape index (κ3) is 3.61. The monoisotopic (exact) mass is 354 g/mol. The van der Waals surface area contributed by atoms with E-state index in [-0.39, 0.29) is 11.9 Å². The van der Waals surface area contributed by atoms with Gasteiger partial charge in [-0.2, -0.15) is 0 Å². The van der Waals surface area contributed by atoms with Gasteiger partial charge in [-0.15, -0.1) is 0 Å². The average molecular weight is 354 g/mol. The lowest BCUT2D eigenvalue weighted by Gasteiger charge is -2.30. The molecule has 5 heteroatoms. The lowest BCUT2D eigenvalue weighted by Crippen LogP contribution is -2.38. The van der Waals surface area contributed by atoms with E-state index in [0.717, 1.165) is 25.8 Å².